The van der Waals surface area contributed by atoms with E-state index < -0.39 is 17.8 Å². The lowest BCUT2D eigenvalue weighted by Gasteiger charge is -2.16. The largest absolute Gasteiger partial charge is 0.416 e. The Morgan fingerprint density at radius 1 is 1.40 bits per heavy atom. The van der Waals surface area contributed by atoms with Crippen LogP contribution in [0.4, 0.5) is 18.0 Å². The summed E-state index contributed by atoms with van der Waals surface area (Å²) in [7, 11) is 0. The molecule has 1 atom stereocenters. The number of hydrogen-bond donors (Lipinski definition) is 2. The van der Waals surface area contributed by atoms with Crippen LogP contribution in [0.2, 0.25) is 0 Å². The smallest absolute Gasteiger partial charge is 0.338 e. The molecular weight excluding hydrogens is 269 g/mol. The molecule has 2 N–H and O–H groups in total. The standard InChI is InChI=1S/C14H17F3N2O/c1-9(19-13(20)18-8-10-5-6-10)11-3-2-4-12(7-11)14(15,16)17/h2-4,7,9-10H,5-6,8H2,1H3,(H2,18,19,20). The van der Waals surface area contributed by atoms with E-state index in [-0.39, 0.29) is 6.03 Å². The van der Waals surface area contributed by atoms with Gasteiger partial charge in [0.1, 0.15) is 0 Å². The van der Waals surface area contributed by atoms with Gasteiger partial charge in [-0.25, -0.2) is 4.79 Å². The van der Waals surface area contributed by atoms with Crippen molar-refractivity contribution in [1.29, 1.82) is 0 Å². The minimum absolute atomic E-state index is 0.346. The molecule has 1 unspecified atom stereocenters. The van der Waals surface area contributed by atoms with Crippen molar-refractivity contribution in [1.82, 2.24) is 10.6 Å². The van der Waals surface area contributed by atoms with Crippen molar-refractivity contribution in [2.45, 2.75) is 32.0 Å². The average Bonchev–Trinajstić information content (AvgIpc) is 3.19. The number of hydrogen-bond acceptors (Lipinski definition) is 1. The Hall–Kier alpha value is -1.72. The number of halogens is 3. The van der Waals surface area contributed by atoms with Crippen LogP contribution in [0, 0.1) is 5.92 Å². The van der Waals surface area contributed by atoms with E-state index in [1.807, 2.05) is 0 Å². The molecule has 1 aromatic rings. The Morgan fingerprint density at radius 3 is 2.70 bits per heavy atom. The topological polar surface area (TPSA) is 41.1 Å². The van der Waals surface area contributed by atoms with E-state index in [0.717, 1.165) is 25.0 Å². The highest BCUT2D eigenvalue weighted by molar-refractivity contribution is 5.74. The van der Waals surface area contributed by atoms with Gasteiger partial charge in [-0.15, -0.1) is 0 Å². The third-order valence-corrected chi connectivity index (χ3v) is 3.31. The molecule has 20 heavy (non-hydrogen) atoms. The van der Waals surface area contributed by atoms with Crippen molar-refractivity contribution in [3.63, 3.8) is 0 Å². The highest BCUT2D eigenvalue weighted by Gasteiger charge is 2.30. The van der Waals surface area contributed by atoms with E-state index in [4.69, 9.17) is 0 Å². The van der Waals surface area contributed by atoms with Gasteiger partial charge in [-0.05, 0) is 43.4 Å². The molecule has 0 heterocycles. The molecule has 0 bridgehead atoms. The summed E-state index contributed by atoms with van der Waals surface area (Å²) in [4.78, 5) is 11.6. The number of alkyl halides is 3. The molecule has 1 aliphatic rings. The molecule has 110 valence electrons. The van der Waals surface area contributed by atoms with Gasteiger partial charge in [0.05, 0.1) is 11.6 Å². The molecular formula is C14H17F3N2O. The quantitative estimate of drug-likeness (QED) is 0.874. The van der Waals surface area contributed by atoms with Crippen LogP contribution in [-0.2, 0) is 6.18 Å². The first-order chi connectivity index (χ1) is 9.36. The third-order valence-electron chi connectivity index (χ3n) is 3.31. The highest BCUT2D eigenvalue weighted by atomic mass is 19.4. The molecule has 1 aliphatic carbocycles. The molecule has 0 radical (unpaired) electrons. The van der Waals surface area contributed by atoms with Crippen molar-refractivity contribution >= 4 is 6.03 Å². The van der Waals surface area contributed by atoms with E-state index in [9.17, 15) is 18.0 Å². The minimum atomic E-state index is -4.37. The maximum atomic E-state index is 12.6. The number of amides is 2. The first-order valence-electron chi connectivity index (χ1n) is 6.58. The van der Waals surface area contributed by atoms with Crippen molar-refractivity contribution in [3.8, 4) is 0 Å². The SMILES string of the molecule is CC(NC(=O)NCC1CC1)c1cccc(C(F)(F)F)c1. The van der Waals surface area contributed by atoms with Gasteiger partial charge in [0, 0.05) is 6.54 Å². The average molecular weight is 286 g/mol. The molecule has 0 aliphatic heterocycles. The zero-order valence-electron chi connectivity index (χ0n) is 11.1. The summed E-state index contributed by atoms with van der Waals surface area (Å²) in [6, 6.07) is 4.17. The van der Waals surface area contributed by atoms with Gasteiger partial charge in [0.25, 0.3) is 0 Å². The van der Waals surface area contributed by atoms with Crippen molar-refractivity contribution in [2.75, 3.05) is 6.54 Å². The van der Waals surface area contributed by atoms with Gasteiger partial charge >= 0.3 is 12.2 Å². The maximum Gasteiger partial charge on any atom is 0.416 e. The Bertz CT molecular complexity index is 484. The Labute approximate surface area is 115 Å². The number of urea groups is 1. The molecule has 1 saturated carbocycles. The molecule has 1 aromatic carbocycles. The fourth-order valence-electron chi connectivity index (χ4n) is 1.87. The molecule has 0 aromatic heterocycles. The number of nitrogens with one attached hydrogen (secondary N) is 2. The Morgan fingerprint density at radius 2 is 2.10 bits per heavy atom. The van der Waals surface area contributed by atoms with E-state index in [2.05, 4.69) is 10.6 Å². The van der Waals surface area contributed by atoms with E-state index in [0.29, 0.717) is 18.0 Å². The van der Waals surface area contributed by atoms with Gasteiger partial charge in [0.15, 0.2) is 0 Å². The van der Waals surface area contributed by atoms with Crippen LogP contribution in [0.3, 0.4) is 0 Å². The van der Waals surface area contributed by atoms with Gasteiger partial charge in [-0.3, -0.25) is 0 Å². The summed E-state index contributed by atoms with van der Waals surface area (Å²) >= 11 is 0. The number of carbonyl (C=O) groups is 1. The normalized spacial score (nSPS) is 16.6. The lowest BCUT2D eigenvalue weighted by Crippen LogP contribution is -2.38. The van der Waals surface area contributed by atoms with Crippen LogP contribution in [-0.4, -0.2) is 12.6 Å². The van der Waals surface area contributed by atoms with Crippen molar-refractivity contribution < 1.29 is 18.0 Å². The minimum Gasteiger partial charge on any atom is -0.338 e. The first-order valence-corrected chi connectivity index (χ1v) is 6.58. The molecule has 3 nitrogen and oxygen atoms in total. The summed E-state index contributed by atoms with van der Waals surface area (Å²) in [6.07, 6.45) is -2.11. The van der Waals surface area contributed by atoms with Crippen molar-refractivity contribution in [3.05, 3.63) is 35.4 Å². The molecule has 2 amide bonds. The molecule has 0 saturated heterocycles. The second kappa shape index (κ2) is 5.73. The Balaban J connectivity index is 1.93. The fraction of sp³-hybridized carbons (Fsp3) is 0.500. The van der Waals surface area contributed by atoms with Crippen LogP contribution in [0.1, 0.15) is 36.9 Å². The molecule has 2 rings (SSSR count). The van der Waals surface area contributed by atoms with Crippen LogP contribution in [0.5, 0.6) is 0 Å². The fourth-order valence-corrected chi connectivity index (χ4v) is 1.87. The number of benzene rings is 1. The number of rotatable bonds is 4. The van der Waals surface area contributed by atoms with E-state index in [1.54, 1.807) is 13.0 Å². The second-order valence-corrected chi connectivity index (χ2v) is 5.14. The van der Waals surface area contributed by atoms with Gasteiger partial charge in [-0.2, -0.15) is 13.2 Å². The summed E-state index contributed by atoms with van der Waals surface area (Å²) in [6.45, 7) is 2.29. The summed E-state index contributed by atoms with van der Waals surface area (Å²) in [5, 5.41) is 5.36. The zero-order chi connectivity index (χ0) is 14.8. The second-order valence-electron chi connectivity index (χ2n) is 5.14. The third kappa shape index (κ3) is 4.15. The summed E-state index contributed by atoms with van der Waals surface area (Å²) < 4.78 is 37.8. The van der Waals surface area contributed by atoms with Gasteiger partial charge in [0.2, 0.25) is 0 Å². The molecule has 1 fully saturated rings. The van der Waals surface area contributed by atoms with Crippen LogP contribution in [0.15, 0.2) is 24.3 Å². The molecule has 0 spiro atoms. The van der Waals surface area contributed by atoms with Crippen LogP contribution < -0.4 is 10.6 Å². The number of carbonyl (C=O) groups excluding carboxylic acids is 1. The predicted molar refractivity (Wildman–Crippen MR) is 69.1 cm³/mol. The maximum absolute atomic E-state index is 12.6. The van der Waals surface area contributed by atoms with Gasteiger partial charge in [-0.1, -0.05) is 12.1 Å². The predicted octanol–water partition coefficient (Wildman–Crippen LogP) is 3.48. The van der Waals surface area contributed by atoms with Crippen LogP contribution in [0.25, 0.3) is 0 Å². The van der Waals surface area contributed by atoms with Crippen LogP contribution >= 0.6 is 0 Å². The Kier molecular flexibility index (Phi) is 4.20. The lowest BCUT2D eigenvalue weighted by molar-refractivity contribution is -0.137. The lowest BCUT2D eigenvalue weighted by atomic mass is 10.1. The first kappa shape index (κ1) is 14.7. The van der Waals surface area contributed by atoms with Gasteiger partial charge < -0.3 is 10.6 Å². The summed E-state index contributed by atoms with van der Waals surface area (Å²) in [5.74, 6) is 0.560. The van der Waals surface area contributed by atoms with E-state index >= 15 is 0 Å². The monoisotopic (exact) mass is 286 g/mol. The zero-order valence-corrected chi connectivity index (χ0v) is 11.1. The van der Waals surface area contributed by atoms with E-state index in [1.165, 1.54) is 6.07 Å². The summed E-state index contributed by atoms with van der Waals surface area (Å²) in [5.41, 5.74) is -0.275. The van der Waals surface area contributed by atoms with Crippen molar-refractivity contribution in [2.24, 2.45) is 5.92 Å². The highest BCUT2D eigenvalue weighted by Crippen LogP contribution is 2.30. The molecule has 6 heteroatoms.